The van der Waals surface area contributed by atoms with Crippen molar-refractivity contribution in [3.63, 3.8) is 0 Å². The molecular weight excluding hydrogens is 320 g/mol. The molecule has 0 radical (unpaired) electrons. The van der Waals surface area contributed by atoms with E-state index >= 15 is 0 Å². The van der Waals surface area contributed by atoms with E-state index in [1.54, 1.807) is 23.2 Å². The van der Waals surface area contributed by atoms with Crippen LogP contribution in [-0.2, 0) is 0 Å². The molecule has 3 aromatic rings. The zero-order valence-electron chi connectivity index (χ0n) is 14.3. The van der Waals surface area contributed by atoms with Crippen molar-refractivity contribution in [3.8, 4) is 5.88 Å². The molecule has 0 aliphatic carbocycles. The predicted octanol–water partition coefficient (Wildman–Crippen LogP) is 1.03. The molecule has 4 heterocycles. The van der Waals surface area contributed by atoms with E-state index in [-0.39, 0.29) is 6.10 Å². The van der Waals surface area contributed by atoms with Gasteiger partial charge in [-0.1, -0.05) is 0 Å². The molecule has 25 heavy (non-hydrogen) atoms. The fourth-order valence-electron chi connectivity index (χ4n) is 2.88. The van der Waals surface area contributed by atoms with Gasteiger partial charge in [-0.3, -0.25) is 0 Å². The van der Waals surface area contributed by atoms with Crippen LogP contribution in [0.15, 0.2) is 30.9 Å². The molecule has 3 aromatic heterocycles. The van der Waals surface area contributed by atoms with Gasteiger partial charge in [-0.2, -0.15) is 4.52 Å². The summed E-state index contributed by atoms with van der Waals surface area (Å²) in [6.45, 7) is 7.33. The summed E-state index contributed by atoms with van der Waals surface area (Å²) in [5.74, 6) is 2.32. The summed E-state index contributed by atoms with van der Waals surface area (Å²) in [5, 5.41) is 12.4. The lowest BCUT2D eigenvalue weighted by molar-refractivity contribution is 0.232. The van der Waals surface area contributed by atoms with Gasteiger partial charge < -0.3 is 14.5 Å². The number of hydrogen-bond donors (Lipinski definition) is 0. The standard InChI is InChI=1S/C16H20N8O/c1-12(2)25-16-15(17-5-6-18-16)23-9-7-22(8-10-23)14-4-3-13-20-19-11-24(13)21-14/h3-6,11-12H,7-10H2,1-2H3. The second kappa shape index (κ2) is 6.50. The fourth-order valence-corrected chi connectivity index (χ4v) is 2.88. The zero-order chi connectivity index (χ0) is 17.2. The van der Waals surface area contributed by atoms with Gasteiger partial charge >= 0.3 is 0 Å². The van der Waals surface area contributed by atoms with Crippen molar-refractivity contribution in [2.45, 2.75) is 20.0 Å². The number of piperazine rings is 1. The third-order valence-corrected chi connectivity index (χ3v) is 4.04. The molecule has 0 atom stereocenters. The van der Waals surface area contributed by atoms with Crippen LogP contribution in [0.2, 0.25) is 0 Å². The van der Waals surface area contributed by atoms with Crippen LogP contribution in [0.3, 0.4) is 0 Å². The molecule has 130 valence electrons. The maximum absolute atomic E-state index is 5.79. The van der Waals surface area contributed by atoms with E-state index in [9.17, 15) is 0 Å². The van der Waals surface area contributed by atoms with Gasteiger partial charge in [0.2, 0.25) is 0 Å². The molecule has 0 spiro atoms. The lowest BCUT2D eigenvalue weighted by Crippen LogP contribution is -2.47. The van der Waals surface area contributed by atoms with Crippen molar-refractivity contribution in [1.82, 2.24) is 29.8 Å². The molecule has 9 heteroatoms. The van der Waals surface area contributed by atoms with E-state index < -0.39 is 0 Å². The Bertz CT molecular complexity index is 856. The minimum Gasteiger partial charge on any atom is -0.472 e. The molecule has 0 aromatic carbocycles. The maximum atomic E-state index is 5.79. The van der Waals surface area contributed by atoms with E-state index in [2.05, 4.69) is 35.1 Å². The van der Waals surface area contributed by atoms with Gasteiger partial charge in [0.25, 0.3) is 5.88 Å². The zero-order valence-corrected chi connectivity index (χ0v) is 14.3. The van der Waals surface area contributed by atoms with Crippen molar-refractivity contribution in [1.29, 1.82) is 0 Å². The highest BCUT2D eigenvalue weighted by Gasteiger charge is 2.23. The van der Waals surface area contributed by atoms with Gasteiger partial charge in [0.05, 0.1) is 6.10 Å². The highest BCUT2D eigenvalue weighted by atomic mass is 16.5. The Morgan fingerprint density at radius 2 is 1.76 bits per heavy atom. The molecule has 9 nitrogen and oxygen atoms in total. The topological polar surface area (TPSA) is 84.6 Å². The Kier molecular flexibility index (Phi) is 4.04. The van der Waals surface area contributed by atoms with Crippen LogP contribution >= 0.6 is 0 Å². The first kappa shape index (κ1) is 15.6. The van der Waals surface area contributed by atoms with Crippen molar-refractivity contribution < 1.29 is 4.74 Å². The number of fused-ring (bicyclic) bond motifs is 1. The summed E-state index contributed by atoms with van der Waals surface area (Å²) in [6, 6.07) is 3.91. The van der Waals surface area contributed by atoms with Gasteiger partial charge in [-0.25, -0.2) is 9.97 Å². The molecule has 1 fully saturated rings. The fraction of sp³-hybridized carbons (Fsp3) is 0.438. The minimum atomic E-state index is 0.0662. The average molecular weight is 340 g/mol. The van der Waals surface area contributed by atoms with Gasteiger partial charge in [-0.15, -0.1) is 15.3 Å². The Labute approximate surface area is 145 Å². The molecule has 0 bridgehead atoms. The molecule has 1 aliphatic heterocycles. The number of rotatable bonds is 4. The van der Waals surface area contributed by atoms with Gasteiger partial charge in [-0.05, 0) is 26.0 Å². The van der Waals surface area contributed by atoms with Gasteiger partial charge in [0.15, 0.2) is 11.5 Å². The van der Waals surface area contributed by atoms with Crippen LogP contribution in [-0.4, -0.2) is 62.1 Å². The van der Waals surface area contributed by atoms with Gasteiger partial charge in [0.1, 0.15) is 12.1 Å². The van der Waals surface area contributed by atoms with E-state index in [1.807, 2.05) is 26.0 Å². The first-order chi connectivity index (χ1) is 12.2. The second-order valence-electron chi connectivity index (χ2n) is 6.15. The molecule has 0 N–H and O–H groups in total. The smallest absolute Gasteiger partial charge is 0.257 e. The summed E-state index contributed by atoms with van der Waals surface area (Å²) in [4.78, 5) is 13.3. The van der Waals surface area contributed by atoms with Crippen LogP contribution in [0.4, 0.5) is 11.6 Å². The summed E-state index contributed by atoms with van der Waals surface area (Å²) in [7, 11) is 0. The maximum Gasteiger partial charge on any atom is 0.257 e. The Morgan fingerprint density at radius 1 is 1.00 bits per heavy atom. The summed E-state index contributed by atoms with van der Waals surface area (Å²) in [5.41, 5.74) is 0.748. The summed E-state index contributed by atoms with van der Waals surface area (Å²) >= 11 is 0. The van der Waals surface area contributed by atoms with E-state index in [0.29, 0.717) is 5.88 Å². The molecule has 1 aliphatic rings. The molecular formula is C16H20N8O. The van der Waals surface area contributed by atoms with Crippen LogP contribution < -0.4 is 14.5 Å². The first-order valence-electron chi connectivity index (χ1n) is 8.35. The summed E-state index contributed by atoms with van der Waals surface area (Å²) in [6.07, 6.45) is 5.05. The predicted molar refractivity (Wildman–Crippen MR) is 93.0 cm³/mol. The third kappa shape index (κ3) is 3.17. The highest BCUT2D eigenvalue weighted by molar-refractivity contribution is 5.51. The number of aromatic nitrogens is 6. The van der Waals surface area contributed by atoms with Crippen molar-refractivity contribution in [3.05, 3.63) is 30.9 Å². The Balaban J connectivity index is 1.48. The lowest BCUT2D eigenvalue weighted by atomic mass is 10.3. The Morgan fingerprint density at radius 3 is 2.56 bits per heavy atom. The highest BCUT2D eigenvalue weighted by Crippen LogP contribution is 2.25. The monoisotopic (exact) mass is 340 g/mol. The van der Waals surface area contributed by atoms with Crippen molar-refractivity contribution in [2.75, 3.05) is 36.0 Å². The number of nitrogens with zero attached hydrogens (tertiary/aromatic N) is 8. The van der Waals surface area contributed by atoms with Crippen LogP contribution in [0.25, 0.3) is 5.65 Å². The van der Waals surface area contributed by atoms with E-state index in [4.69, 9.17) is 4.74 Å². The van der Waals surface area contributed by atoms with E-state index in [0.717, 1.165) is 43.5 Å². The van der Waals surface area contributed by atoms with Crippen LogP contribution in [0.5, 0.6) is 5.88 Å². The molecule has 0 saturated carbocycles. The van der Waals surface area contributed by atoms with Crippen molar-refractivity contribution >= 4 is 17.3 Å². The molecule has 0 unspecified atom stereocenters. The Hall–Kier alpha value is -2.97. The normalized spacial score (nSPS) is 15.2. The quantitative estimate of drug-likeness (QED) is 0.696. The SMILES string of the molecule is CC(C)Oc1nccnc1N1CCN(c2ccc3nncn3n2)CC1. The average Bonchev–Trinajstić information content (AvgIpc) is 3.10. The minimum absolute atomic E-state index is 0.0662. The number of ether oxygens (including phenoxy) is 1. The number of anilines is 2. The third-order valence-electron chi connectivity index (χ3n) is 4.04. The first-order valence-corrected chi connectivity index (χ1v) is 8.35. The largest absolute Gasteiger partial charge is 0.472 e. The molecule has 0 amide bonds. The van der Waals surface area contributed by atoms with Crippen LogP contribution in [0, 0.1) is 0 Å². The van der Waals surface area contributed by atoms with Crippen molar-refractivity contribution in [2.24, 2.45) is 0 Å². The van der Waals surface area contributed by atoms with Crippen LogP contribution in [0.1, 0.15) is 13.8 Å². The lowest BCUT2D eigenvalue weighted by Gasteiger charge is -2.36. The molecule has 4 rings (SSSR count). The van der Waals surface area contributed by atoms with Gasteiger partial charge in [0, 0.05) is 38.6 Å². The van der Waals surface area contributed by atoms with E-state index in [1.165, 1.54) is 0 Å². The second-order valence-corrected chi connectivity index (χ2v) is 6.15. The molecule has 1 saturated heterocycles. The summed E-state index contributed by atoms with van der Waals surface area (Å²) < 4.78 is 7.48. The number of hydrogen-bond acceptors (Lipinski definition) is 8.